The highest BCUT2D eigenvalue weighted by molar-refractivity contribution is 7.99. The van der Waals surface area contributed by atoms with Gasteiger partial charge in [0.15, 0.2) is 9.84 Å². The van der Waals surface area contributed by atoms with Crippen molar-refractivity contribution in [3.8, 4) is 0 Å². The maximum absolute atomic E-state index is 11.8. The van der Waals surface area contributed by atoms with E-state index in [1.165, 1.54) is 4.90 Å². The molecule has 0 spiro atoms. The van der Waals surface area contributed by atoms with Gasteiger partial charge >= 0.3 is 0 Å². The number of thioether (sulfide) groups is 1. The summed E-state index contributed by atoms with van der Waals surface area (Å²) in [5, 5.41) is 2.83. The maximum atomic E-state index is 11.8. The Kier molecular flexibility index (Phi) is 5.48. The number of nitrogens with one attached hydrogen (secondary N) is 1. The van der Waals surface area contributed by atoms with E-state index < -0.39 is 9.84 Å². The third-order valence-electron chi connectivity index (χ3n) is 3.24. The minimum atomic E-state index is -2.98. The van der Waals surface area contributed by atoms with Gasteiger partial charge < -0.3 is 5.32 Å². The zero-order chi connectivity index (χ0) is 14.4. The summed E-state index contributed by atoms with van der Waals surface area (Å²) in [7, 11) is -2.98. The van der Waals surface area contributed by atoms with Crippen LogP contribution in [0.2, 0.25) is 0 Å². The topological polar surface area (TPSA) is 63.2 Å². The van der Waals surface area contributed by atoms with Crippen LogP contribution < -0.4 is 5.32 Å². The summed E-state index contributed by atoms with van der Waals surface area (Å²) in [5.74, 6) is 0.636. The molecule has 0 radical (unpaired) electrons. The molecule has 0 aromatic heterocycles. The molecular weight excluding hydrogens is 294 g/mol. The Morgan fingerprint density at radius 1 is 1.30 bits per heavy atom. The lowest BCUT2D eigenvalue weighted by Crippen LogP contribution is -2.32. The number of carbonyl (C=O) groups excluding carboxylic acids is 1. The Bertz CT molecular complexity index is 543. The average molecular weight is 313 g/mol. The second-order valence-corrected chi connectivity index (χ2v) is 8.30. The summed E-state index contributed by atoms with van der Waals surface area (Å²) in [6.07, 6.45) is 1.34. The molecule has 110 valence electrons. The molecule has 6 heteroatoms. The van der Waals surface area contributed by atoms with Gasteiger partial charge in [0, 0.05) is 11.4 Å². The summed E-state index contributed by atoms with van der Waals surface area (Å²) < 4.78 is 22.6. The Morgan fingerprint density at radius 2 is 2.05 bits per heavy atom. The molecular formula is C14H19NO3S2. The average Bonchev–Trinajstić information content (AvgIpc) is 2.80. The van der Waals surface area contributed by atoms with Crippen LogP contribution in [-0.2, 0) is 14.6 Å². The normalized spacial score (nSPS) is 20.7. The van der Waals surface area contributed by atoms with E-state index in [1.807, 2.05) is 18.2 Å². The molecule has 0 bridgehead atoms. The third-order valence-corrected chi connectivity index (χ3v) is 6.10. The molecule has 1 aliphatic rings. The smallest absolute Gasteiger partial charge is 0.224 e. The quantitative estimate of drug-likeness (QED) is 0.641. The molecule has 1 heterocycles. The Labute approximate surface area is 124 Å². The predicted molar refractivity (Wildman–Crippen MR) is 81.6 cm³/mol. The van der Waals surface area contributed by atoms with Crippen molar-refractivity contribution in [1.82, 2.24) is 5.32 Å². The number of amides is 1. The number of hydrogen-bond acceptors (Lipinski definition) is 4. The minimum Gasteiger partial charge on any atom is -0.356 e. The van der Waals surface area contributed by atoms with Crippen LogP contribution in [0.15, 0.2) is 35.2 Å². The highest BCUT2D eigenvalue weighted by Crippen LogP contribution is 2.19. The van der Waals surface area contributed by atoms with E-state index in [0.29, 0.717) is 13.0 Å². The monoisotopic (exact) mass is 313 g/mol. The van der Waals surface area contributed by atoms with Gasteiger partial charge in [-0.3, -0.25) is 4.79 Å². The van der Waals surface area contributed by atoms with Gasteiger partial charge in [-0.25, -0.2) is 8.42 Å². The third kappa shape index (κ3) is 4.83. The minimum absolute atomic E-state index is 0.0115. The first-order valence-electron chi connectivity index (χ1n) is 6.73. The molecule has 1 aromatic rings. The molecule has 1 aromatic carbocycles. The number of sulfone groups is 1. The molecule has 4 nitrogen and oxygen atoms in total. The van der Waals surface area contributed by atoms with Gasteiger partial charge in [0.05, 0.1) is 17.4 Å². The molecule has 0 aliphatic carbocycles. The fourth-order valence-corrected chi connectivity index (χ4v) is 4.75. The van der Waals surface area contributed by atoms with E-state index in [-0.39, 0.29) is 23.3 Å². The molecule has 1 saturated heterocycles. The van der Waals surface area contributed by atoms with Gasteiger partial charge in [-0.1, -0.05) is 18.2 Å². The summed E-state index contributed by atoms with van der Waals surface area (Å²) in [6, 6.07) is 10.1. The summed E-state index contributed by atoms with van der Waals surface area (Å²) in [4.78, 5) is 13.0. The molecule has 0 saturated carbocycles. The predicted octanol–water partition coefficient (Wildman–Crippen LogP) is 1.72. The van der Waals surface area contributed by atoms with Crippen LogP contribution in [0.1, 0.15) is 12.8 Å². The van der Waals surface area contributed by atoms with Gasteiger partial charge in [0.25, 0.3) is 0 Å². The van der Waals surface area contributed by atoms with Crippen molar-refractivity contribution in [2.45, 2.75) is 17.7 Å². The van der Waals surface area contributed by atoms with E-state index in [9.17, 15) is 13.2 Å². The second-order valence-electron chi connectivity index (χ2n) is 4.91. The van der Waals surface area contributed by atoms with Crippen LogP contribution in [0, 0.1) is 5.92 Å². The van der Waals surface area contributed by atoms with Gasteiger partial charge in [-0.2, -0.15) is 0 Å². The highest BCUT2D eigenvalue weighted by Gasteiger charge is 2.32. The van der Waals surface area contributed by atoms with Crippen LogP contribution in [0.5, 0.6) is 0 Å². The van der Waals surface area contributed by atoms with Gasteiger partial charge in [-0.15, -0.1) is 11.8 Å². The molecule has 1 unspecified atom stereocenters. The molecule has 1 amide bonds. The SMILES string of the molecule is O=C(NCCCSc1ccccc1)C1CCS(=O)(=O)C1. The van der Waals surface area contributed by atoms with E-state index >= 15 is 0 Å². The van der Waals surface area contributed by atoms with Crippen LogP contribution >= 0.6 is 11.8 Å². The molecule has 20 heavy (non-hydrogen) atoms. The van der Waals surface area contributed by atoms with Gasteiger partial charge in [-0.05, 0) is 30.7 Å². The number of carbonyl (C=O) groups is 1. The molecule has 1 fully saturated rings. The largest absolute Gasteiger partial charge is 0.356 e. The van der Waals surface area contributed by atoms with E-state index in [1.54, 1.807) is 11.8 Å². The number of rotatable bonds is 6. The first kappa shape index (κ1) is 15.4. The van der Waals surface area contributed by atoms with Crippen molar-refractivity contribution >= 4 is 27.5 Å². The van der Waals surface area contributed by atoms with Crippen LogP contribution in [-0.4, -0.2) is 38.1 Å². The van der Waals surface area contributed by atoms with Crippen LogP contribution in [0.4, 0.5) is 0 Å². The molecule has 1 atom stereocenters. The lowest BCUT2D eigenvalue weighted by Gasteiger charge is -2.09. The summed E-state index contributed by atoms with van der Waals surface area (Å²) in [5.41, 5.74) is 0. The Balaban J connectivity index is 1.61. The van der Waals surface area contributed by atoms with Crippen molar-refractivity contribution < 1.29 is 13.2 Å². The maximum Gasteiger partial charge on any atom is 0.224 e. The van der Waals surface area contributed by atoms with Crippen molar-refractivity contribution in [3.05, 3.63) is 30.3 Å². The molecule has 1 aliphatic heterocycles. The Morgan fingerprint density at radius 3 is 2.70 bits per heavy atom. The zero-order valence-corrected chi connectivity index (χ0v) is 12.9. The van der Waals surface area contributed by atoms with Gasteiger partial charge in [0.2, 0.25) is 5.91 Å². The highest BCUT2D eigenvalue weighted by atomic mass is 32.2. The standard InChI is InChI=1S/C14H19NO3S2/c16-14(12-7-10-20(17,18)11-12)15-8-4-9-19-13-5-2-1-3-6-13/h1-3,5-6,12H,4,7-11H2,(H,15,16). The van der Waals surface area contributed by atoms with Crippen LogP contribution in [0.25, 0.3) is 0 Å². The van der Waals surface area contributed by atoms with Crippen molar-refractivity contribution in [2.75, 3.05) is 23.8 Å². The van der Waals surface area contributed by atoms with E-state index in [0.717, 1.165) is 12.2 Å². The summed E-state index contributed by atoms with van der Waals surface area (Å²) >= 11 is 1.76. The van der Waals surface area contributed by atoms with Crippen molar-refractivity contribution in [1.29, 1.82) is 0 Å². The first-order chi connectivity index (χ1) is 9.57. The first-order valence-corrected chi connectivity index (χ1v) is 9.53. The lowest BCUT2D eigenvalue weighted by atomic mass is 10.1. The fraction of sp³-hybridized carbons (Fsp3) is 0.500. The number of benzene rings is 1. The number of hydrogen-bond donors (Lipinski definition) is 1. The van der Waals surface area contributed by atoms with E-state index in [2.05, 4.69) is 17.4 Å². The Hall–Kier alpha value is -1.01. The van der Waals surface area contributed by atoms with E-state index in [4.69, 9.17) is 0 Å². The van der Waals surface area contributed by atoms with Crippen molar-refractivity contribution in [2.24, 2.45) is 5.92 Å². The fourth-order valence-electron chi connectivity index (χ4n) is 2.14. The molecule has 2 rings (SSSR count). The lowest BCUT2D eigenvalue weighted by molar-refractivity contribution is -0.124. The summed E-state index contributed by atoms with van der Waals surface area (Å²) in [6.45, 7) is 0.606. The van der Waals surface area contributed by atoms with Gasteiger partial charge in [0.1, 0.15) is 0 Å². The van der Waals surface area contributed by atoms with Crippen LogP contribution in [0.3, 0.4) is 0 Å². The zero-order valence-electron chi connectivity index (χ0n) is 11.2. The van der Waals surface area contributed by atoms with Crippen molar-refractivity contribution in [3.63, 3.8) is 0 Å². The second kappa shape index (κ2) is 7.13. The molecule has 1 N–H and O–H groups in total.